The van der Waals surface area contributed by atoms with E-state index in [4.69, 9.17) is 4.42 Å². The van der Waals surface area contributed by atoms with Gasteiger partial charge in [0.25, 0.3) is 0 Å². The van der Waals surface area contributed by atoms with Crippen molar-refractivity contribution in [3.63, 3.8) is 0 Å². The highest BCUT2D eigenvalue weighted by molar-refractivity contribution is 5.96. The molecule has 4 rings (SSSR count). The fourth-order valence-corrected chi connectivity index (χ4v) is 3.82. The molecule has 0 radical (unpaired) electrons. The Hall–Kier alpha value is -3.28. The lowest BCUT2D eigenvalue weighted by Gasteiger charge is -2.24. The van der Waals surface area contributed by atoms with Gasteiger partial charge in [0.2, 0.25) is 5.91 Å². The van der Waals surface area contributed by atoms with E-state index in [9.17, 15) is 9.59 Å². The number of hydrogen-bond donors (Lipinski definition) is 1. The first-order valence-electron chi connectivity index (χ1n) is 9.80. The molecule has 1 aliphatic heterocycles. The third-order valence-corrected chi connectivity index (χ3v) is 5.70. The van der Waals surface area contributed by atoms with Crippen LogP contribution in [0.5, 0.6) is 0 Å². The van der Waals surface area contributed by atoms with E-state index in [1.54, 1.807) is 7.05 Å². The van der Waals surface area contributed by atoms with E-state index in [0.29, 0.717) is 25.2 Å². The van der Waals surface area contributed by atoms with Gasteiger partial charge in [-0.05, 0) is 49.6 Å². The number of carbonyl (C=O) groups excluding carboxylic acids is 2. The summed E-state index contributed by atoms with van der Waals surface area (Å²) in [4.78, 5) is 28.9. The van der Waals surface area contributed by atoms with Crippen molar-refractivity contribution in [3.8, 4) is 0 Å². The molecule has 1 aromatic heterocycles. The zero-order chi connectivity index (χ0) is 20.5. The summed E-state index contributed by atoms with van der Waals surface area (Å²) in [5.41, 5.74) is 3.64. The molecular formula is C23H25N3O3. The molecule has 2 heterocycles. The average molecular weight is 391 g/mol. The Morgan fingerprint density at radius 2 is 1.97 bits per heavy atom. The van der Waals surface area contributed by atoms with Gasteiger partial charge < -0.3 is 19.5 Å². The number of likely N-dealkylation sites (N-methyl/N-ethyl adjacent to an activating group) is 1. The van der Waals surface area contributed by atoms with Crippen LogP contribution in [-0.2, 0) is 11.3 Å². The van der Waals surface area contributed by atoms with Crippen LogP contribution in [0.1, 0.15) is 23.3 Å². The number of hydrogen-bond acceptors (Lipinski definition) is 3. The third-order valence-electron chi connectivity index (χ3n) is 5.70. The predicted molar refractivity (Wildman–Crippen MR) is 113 cm³/mol. The first kappa shape index (κ1) is 19.1. The quantitative estimate of drug-likeness (QED) is 0.720. The second-order valence-corrected chi connectivity index (χ2v) is 7.59. The molecule has 6 nitrogen and oxygen atoms in total. The van der Waals surface area contributed by atoms with Crippen LogP contribution in [0.25, 0.3) is 11.0 Å². The molecule has 3 amide bonds. The van der Waals surface area contributed by atoms with E-state index < -0.39 is 6.04 Å². The largest absolute Gasteiger partial charge is 0.461 e. The Labute approximate surface area is 170 Å². The summed E-state index contributed by atoms with van der Waals surface area (Å²) in [7, 11) is 1.68. The summed E-state index contributed by atoms with van der Waals surface area (Å²) in [6.45, 7) is 5.14. The van der Waals surface area contributed by atoms with Gasteiger partial charge >= 0.3 is 6.03 Å². The highest BCUT2D eigenvalue weighted by Gasteiger charge is 2.36. The van der Waals surface area contributed by atoms with Crippen molar-refractivity contribution in [2.45, 2.75) is 32.9 Å². The highest BCUT2D eigenvalue weighted by atomic mass is 16.3. The molecule has 1 N–H and O–H groups in total. The SMILES string of the molecule is Cc1oc2ccc(NC(=O)N(C)C3CCN(Cc4ccccc4)C3=O)cc2c1C. The fraction of sp³-hybridized carbons (Fsp3) is 0.304. The number of nitrogens with zero attached hydrogens (tertiary/aromatic N) is 2. The van der Waals surface area contributed by atoms with Crippen molar-refractivity contribution in [2.75, 3.05) is 18.9 Å². The summed E-state index contributed by atoms with van der Waals surface area (Å²) in [5, 5.41) is 3.89. The number of urea groups is 1. The first-order chi connectivity index (χ1) is 13.9. The van der Waals surface area contributed by atoms with Gasteiger partial charge in [-0.3, -0.25) is 4.79 Å². The van der Waals surface area contributed by atoms with Gasteiger partial charge in [-0.2, -0.15) is 0 Å². The van der Waals surface area contributed by atoms with Crippen LogP contribution in [-0.4, -0.2) is 41.4 Å². The van der Waals surface area contributed by atoms with Crippen LogP contribution in [0.2, 0.25) is 0 Å². The third kappa shape index (κ3) is 3.70. The normalized spacial score (nSPS) is 16.4. The summed E-state index contributed by atoms with van der Waals surface area (Å²) >= 11 is 0. The van der Waals surface area contributed by atoms with E-state index in [0.717, 1.165) is 27.9 Å². The number of carbonyl (C=O) groups is 2. The Morgan fingerprint density at radius 1 is 1.21 bits per heavy atom. The monoisotopic (exact) mass is 391 g/mol. The summed E-state index contributed by atoms with van der Waals surface area (Å²) in [6, 6.07) is 14.7. The van der Waals surface area contributed by atoms with Crippen molar-refractivity contribution >= 4 is 28.6 Å². The number of amides is 3. The topological polar surface area (TPSA) is 65.8 Å². The summed E-state index contributed by atoms with van der Waals surface area (Å²) in [6.07, 6.45) is 0.634. The highest BCUT2D eigenvalue weighted by Crippen LogP contribution is 2.27. The predicted octanol–water partition coefficient (Wildman–Crippen LogP) is 4.31. The van der Waals surface area contributed by atoms with Gasteiger partial charge in [0.1, 0.15) is 17.4 Å². The molecule has 1 fully saturated rings. The maximum absolute atomic E-state index is 12.8. The van der Waals surface area contributed by atoms with Crippen LogP contribution in [0.4, 0.5) is 10.5 Å². The Bertz CT molecular complexity index is 1060. The minimum atomic E-state index is -0.444. The molecule has 3 aromatic rings. The fourth-order valence-electron chi connectivity index (χ4n) is 3.82. The van der Waals surface area contributed by atoms with Gasteiger partial charge in [0.15, 0.2) is 0 Å². The van der Waals surface area contributed by atoms with Crippen LogP contribution in [0.15, 0.2) is 52.9 Å². The minimum Gasteiger partial charge on any atom is -0.461 e. The number of furan rings is 1. The molecule has 1 saturated heterocycles. The van der Waals surface area contributed by atoms with Crippen molar-refractivity contribution < 1.29 is 14.0 Å². The van der Waals surface area contributed by atoms with Crippen LogP contribution >= 0.6 is 0 Å². The second-order valence-electron chi connectivity index (χ2n) is 7.59. The number of rotatable bonds is 4. The lowest BCUT2D eigenvalue weighted by atomic mass is 10.1. The van der Waals surface area contributed by atoms with Crippen molar-refractivity contribution in [3.05, 3.63) is 65.4 Å². The molecule has 2 aromatic carbocycles. The lowest BCUT2D eigenvalue weighted by Crippen LogP contribution is -2.44. The van der Waals surface area contributed by atoms with E-state index in [2.05, 4.69) is 5.32 Å². The van der Waals surface area contributed by atoms with Gasteiger partial charge in [0.05, 0.1) is 0 Å². The molecule has 0 aliphatic carbocycles. The van der Waals surface area contributed by atoms with Gasteiger partial charge in [-0.15, -0.1) is 0 Å². The second kappa shape index (κ2) is 7.62. The number of fused-ring (bicyclic) bond motifs is 1. The standard InChI is InChI=1S/C23H25N3O3/c1-15-16(2)29-21-10-9-18(13-19(15)21)24-23(28)25(3)20-11-12-26(22(20)27)14-17-7-5-4-6-8-17/h4-10,13,20H,11-12,14H2,1-3H3,(H,24,28). The van der Waals surface area contributed by atoms with Crippen molar-refractivity contribution in [2.24, 2.45) is 0 Å². The Morgan fingerprint density at radius 3 is 2.72 bits per heavy atom. The molecule has 150 valence electrons. The molecule has 0 spiro atoms. The number of likely N-dealkylation sites (tertiary alicyclic amines) is 1. The van der Waals surface area contributed by atoms with E-state index in [1.807, 2.05) is 67.3 Å². The molecule has 29 heavy (non-hydrogen) atoms. The molecule has 1 aliphatic rings. The smallest absolute Gasteiger partial charge is 0.322 e. The molecule has 1 atom stereocenters. The average Bonchev–Trinajstić information content (AvgIpc) is 3.22. The Kier molecular flexibility index (Phi) is 5.01. The van der Waals surface area contributed by atoms with E-state index in [-0.39, 0.29) is 11.9 Å². The number of benzene rings is 2. The van der Waals surface area contributed by atoms with E-state index in [1.165, 1.54) is 4.90 Å². The number of nitrogens with one attached hydrogen (secondary N) is 1. The van der Waals surface area contributed by atoms with Crippen molar-refractivity contribution in [1.29, 1.82) is 0 Å². The van der Waals surface area contributed by atoms with Crippen LogP contribution in [0, 0.1) is 13.8 Å². The lowest BCUT2D eigenvalue weighted by molar-refractivity contribution is -0.131. The number of aryl methyl sites for hydroxylation is 2. The van der Waals surface area contributed by atoms with Gasteiger partial charge in [-0.1, -0.05) is 30.3 Å². The maximum Gasteiger partial charge on any atom is 0.322 e. The van der Waals surface area contributed by atoms with Crippen molar-refractivity contribution in [1.82, 2.24) is 9.80 Å². The number of anilines is 1. The molecular weight excluding hydrogens is 366 g/mol. The maximum atomic E-state index is 12.8. The van der Waals surface area contributed by atoms with Crippen LogP contribution < -0.4 is 5.32 Å². The molecule has 0 saturated carbocycles. The molecule has 0 bridgehead atoms. The summed E-state index contributed by atoms with van der Waals surface area (Å²) < 4.78 is 5.69. The van der Waals surface area contributed by atoms with Gasteiger partial charge in [0, 0.05) is 31.2 Å². The molecule has 1 unspecified atom stereocenters. The first-order valence-corrected chi connectivity index (χ1v) is 9.80. The van der Waals surface area contributed by atoms with E-state index >= 15 is 0 Å². The Balaban J connectivity index is 1.43. The van der Waals surface area contributed by atoms with Crippen LogP contribution in [0.3, 0.4) is 0 Å². The molecule has 6 heteroatoms. The zero-order valence-corrected chi connectivity index (χ0v) is 16.9. The summed E-state index contributed by atoms with van der Waals surface area (Å²) in [5.74, 6) is 0.860. The van der Waals surface area contributed by atoms with Gasteiger partial charge in [-0.25, -0.2) is 4.79 Å². The zero-order valence-electron chi connectivity index (χ0n) is 16.9. The minimum absolute atomic E-state index is 0.0109.